The lowest BCUT2D eigenvalue weighted by Crippen LogP contribution is -2.22. The van der Waals surface area contributed by atoms with Gasteiger partial charge in [-0.15, -0.1) is 0 Å². The summed E-state index contributed by atoms with van der Waals surface area (Å²) in [6.07, 6.45) is 0. The molecule has 19 heavy (non-hydrogen) atoms. The van der Waals surface area contributed by atoms with Crippen LogP contribution in [0.2, 0.25) is 0 Å². The minimum absolute atomic E-state index is 0.452. The summed E-state index contributed by atoms with van der Waals surface area (Å²) >= 11 is 5.40. The van der Waals surface area contributed by atoms with Gasteiger partial charge in [0.2, 0.25) is 0 Å². The molecule has 0 saturated heterocycles. The molecule has 0 aliphatic rings. The topological polar surface area (TPSA) is 35.1 Å². The number of nitrogens with zero attached hydrogens (tertiary/aromatic N) is 1. The molecule has 0 amide bonds. The predicted octanol–water partition coefficient (Wildman–Crippen LogP) is 3.13. The minimum atomic E-state index is -0.452. The Labute approximate surface area is 115 Å². The highest BCUT2D eigenvalue weighted by Crippen LogP contribution is 2.14. The van der Waals surface area contributed by atoms with Crippen molar-refractivity contribution in [3.05, 3.63) is 70.2 Å². The van der Waals surface area contributed by atoms with E-state index in [1.165, 1.54) is 4.57 Å². The van der Waals surface area contributed by atoms with Crippen molar-refractivity contribution >= 4 is 28.3 Å². The van der Waals surface area contributed by atoms with Gasteiger partial charge in [-0.25, -0.2) is 9.36 Å². The molecule has 0 atom stereocenters. The molecular formula is C15H11NO2S. The fraction of sp³-hybridized carbons (Fsp3) is 0.0667. The summed E-state index contributed by atoms with van der Waals surface area (Å²) in [5.41, 5.74) is 3.21. The van der Waals surface area contributed by atoms with Crippen molar-refractivity contribution in [3.63, 3.8) is 0 Å². The van der Waals surface area contributed by atoms with Crippen molar-refractivity contribution < 1.29 is 4.42 Å². The highest BCUT2D eigenvalue weighted by atomic mass is 32.1. The number of rotatable bonds is 1. The van der Waals surface area contributed by atoms with E-state index < -0.39 is 5.76 Å². The van der Waals surface area contributed by atoms with Crippen LogP contribution in [0, 0.1) is 6.92 Å². The summed E-state index contributed by atoms with van der Waals surface area (Å²) in [5, 5.41) is 0. The SMILES string of the molecule is Cc1ccc(C(=S)n2c(=O)oc3ccccc32)cc1. The molecule has 0 bridgehead atoms. The summed E-state index contributed by atoms with van der Waals surface area (Å²) < 4.78 is 6.61. The van der Waals surface area contributed by atoms with E-state index >= 15 is 0 Å². The van der Waals surface area contributed by atoms with E-state index in [1.54, 1.807) is 6.07 Å². The number of aryl methyl sites for hydroxylation is 1. The van der Waals surface area contributed by atoms with E-state index in [4.69, 9.17) is 16.6 Å². The first-order chi connectivity index (χ1) is 9.16. The molecule has 3 aromatic rings. The van der Waals surface area contributed by atoms with Crippen LogP contribution in [0.1, 0.15) is 11.1 Å². The van der Waals surface area contributed by atoms with Crippen LogP contribution >= 0.6 is 12.2 Å². The summed E-state index contributed by atoms with van der Waals surface area (Å²) in [6, 6.07) is 15.0. The Morgan fingerprint density at radius 2 is 1.79 bits per heavy atom. The smallest absolute Gasteiger partial charge is 0.407 e. The van der Waals surface area contributed by atoms with Gasteiger partial charge >= 0.3 is 5.76 Å². The fourth-order valence-electron chi connectivity index (χ4n) is 1.98. The molecule has 0 spiro atoms. The number of aromatic nitrogens is 1. The lowest BCUT2D eigenvalue weighted by Gasteiger charge is -2.04. The zero-order chi connectivity index (χ0) is 13.4. The summed E-state index contributed by atoms with van der Waals surface area (Å²) in [7, 11) is 0. The molecule has 1 aromatic heterocycles. The van der Waals surface area contributed by atoms with Crippen LogP contribution in [0.4, 0.5) is 0 Å². The molecule has 3 nitrogen and oxygen atoms in total. The van der Waals surface area contributed by atoms with Crippen LogP contribution in [0.15, 0.2) is 57.7 Å². The molecule has 0 radical (unpaired) electrons. The standard InChI is InChI=1S/C15H11NO2S/c1-10-6-8-11(9-7-10)14(19)16-12-4-2-3-5-13(12)18-15(16)17/h2-9H,1H3. The van der Waals surface area contributed by atoms with Crippen molar-refractivity contribution in [1.82, 2.24) is 4.57 Å². The van der Waals surface area contributed by atoms with Crippen molar-refractivity contribution in [1.29, 1.82) is 0 Å². The van der Waals surface area contributed by atoms with Gasteiger partial charge in [0, 0.05) is 5.56 Å². The Bertz CT molecular complexity index is 812. The third kappa shape index (κ3) is 2.00. The number of para-hydroxylation sites is 2. The van der Waals surface area contributed by atoms with Gasteiger partial charge in [-0.05, 0) is 19.1 Å². The van der Waals surface area contributed by atoms with Gasteiger partial charge in [0.05, 0.1) is 5.52 Å². The second-order valence-corrected chi connectivity index (χ2v) is 4.73. The molecule has 4 heteroatoms. The van der Waals surface area contributed by atoms with E-state index in [2.05, 4.69) is 0 Å². The average Bonchev–Trinajstić information content (AvgIpc) is 2.74. The number of hydrogen-bond donors (Lipinski definition) is 0. The molecule has 3 rings (SSSR count). The minimum Gasteiger partial charge on any atom is -0.407 e. The van der Waals surface area contributed by atoms with Gasteiger partial charge < -0.3 is 4.42 Å². The lowest BCUT2D eigenvalue weighted by atomic mass is 10.1. The van der Waals surface area contributed by atoms with Crippen LogP contribution in [0.25, 0.3) is 11.1 Å². The van der Waals surface area contributed by atoms with E-state index in [0.717, 1.165) is 11.1 Å². The van der Waals surface area contributed by atoms with Gasteiger partial charge in [0.1, 0.15) is 4.99 Å². The molecule has 0 fully saturated rings. The Hall–Kier alpha value is -2.20. The van der Waals surface area contributed by atoms with Crippen LogP contribution in [-0.4, -0.2) is 9.56 Å². The number of hydrogen-bond acceptors (Lipinski definition) is 3. The highest BCUT2D eigenvalue weighted by molar-refractivity contribution is 7.80. The Morgan fingerprint density at radius 1 is 1.11 bits per heavy atom. The molecule has 1 heterocycles. The summed E-state index contributed by atoms with van der Waals surface area (Å²) in [5.74, 6) is -0.452. The maximum Gasteiger partial charge on any atom is 0.425 e. The summed E-state index contributed by atoms with van der Waals surface area (Å²) in [6.45, 7) is 2.01. The quantitative estimate of drug-likeness (QED) is 0.637. The molecule has 0 saturated carbocycles. The van der Waals surface area contributed by atoms with E-state index in [0.29, 0.717) is 16.1 Å². The van der Waals surface area contributed by atoms with E-state index in [-0.39, 0.29) is 0 Å². The summed E-state index contributed by atoms with van der Waals surface area (Å²) in [4.78, 5) is 12.4. The third-order valence-electron chi connectivity index (χ3n) is 2.99. The second-order valence-electron chi connectivity index (χ2n) is 4.34. The van der Waals surface area contributed by atoms with Crippen molar-refractivity contribution in [2.24, 2.45) is 0 Å². The number of oxazole rings is 1. The Morgan fingerprint density at radius 3 is 2.53 bits per heavy atom. The monoisotopic (exact) mass is 269 g/mol. The van der Waals surface area contributed by atoms with Crippen LogP contribution in [0.3, 0.4) is 0 Å². The first kappa shape index (κ1) is 11.9. The first-order valence-corrected chi connectivity index (χ1v) is 6.29. The second kappa shape index (κ2) is 4.48. The fourth-order valence-corrected chi connectivity index (χ4v) is 2.29. The third-order valence-corrected chi connectivity index (χ3v) is 3.41. The largest absolute Gasteiger partial charge is 0.425 e. The maximum atomic E-state index is 11.9. The molecule has 0 unspecified atom stereocenters. The number of thiocarbonyl (C=S) groups is 1. The van der Waals surface area contributed by atoms with E-state index in [9.17, 15) is 4.79 Å². The van der Waals surface area contributed by atoms with Gasteiger partial charge in [-0.2, -0.15) is 0 Å². The maximum absolute atomic E-state index is 11.9. The van der Waals surface area contributed by atoms with Crippen molar-refractivity contribution in [3.8, 4) is 0 Å². The molecule has 2 aromatic carbocycles. The molecule has 0 aliphatic carbocycles. The molecule has 94 valence electrons. The van der Waals surface area contributed by atoms with Crippen molar-refractivity contribution in [2.75, 3.05) is 0 Å². The van der Waals surface area contributed by atoms with Crippen LogP contribution < -0.4 is 5.76 Å². The van der Waals surface area contributed by atoms with Gasteiger partial charge in [0.25, 0.3) is 0 Å². The van der Waals surface area contributed by atoms with Gasteiger partial charge in [0.15, 0.2) is 5.58 Å². The van der Waals surface area contributed by atoms with Gasteiger partial charge in [-0.3, -0.25) is 0 Å². The number of fused-ring (bicyclic) bond motifs is 1. The first-order valence-electron chi connectivity index (χ1n) is 5.89. The van der Waals surface area contributed by atoms with Crippen LogP contribution in [0.5, 0.6) is 0 Å². The van der Waals surface area contributed by atoms with Crippen LogP contribution in [-0.2, 0) is 0 Å². The number of benzene rings is 2. The highest BCUT2D eigenvalue weighted by Gasteiger charge is 2.13. The molecule has 0 N–H and O–H groups in total. The molecule has 0 aliphatic heterocycles. The molecular weight excluding hydrogens is 258 g/mol. The van der Waals surface area contributed by atoms with Gasteiger partial charge in [-0.1, -0.05) is 54.2 Å². The predicted molar refractivity (Wildman–Crippen MR) is 78.8 cm³/mol. The van der Waals surface area contributed by atoms with Crippen molar-refractivity contribution in [2.45, 2.75) is 6.92 Å². The average molecular weight is 269 g/mol. The zero-order valence-corrected chi connectivity index (χ0v) is 11.1. The Kier molecular flexibility index (Phi) is 2.80. The normalized spacial score (nSPS) is 10.8. The zero-order valence-electron chi connectivity index (χ0n) is 10.3. The lowest BCUT2D eigenvalue weighted by molar-refractivity contribution is 0.546. The van der Waals surface area contributed by atoms with E-state index in [1.807, 2.05) is 49.4 Å². The Balaban J connectivity index is 2.19.